The highest BCUT2D eigenvalue weighted by Crippen LogP contribution is 2.18. The fraction of sp³-hybridized carbons (Fsp3) is 0.887. The lowest BCUT2D eigenvalue weighted by atomic mass is 10.0. The van der Waals surface area contributed by atoms with Gasteiger partial charge < -0.3 is 20.3 Å². The maximum Gasteiger partial charge on any atom is 0.306 e. The van der Waals surface area contributed by atoms with Crippen LogP contribution in [0.3, 0.4) is 0 Å². The highest BCUT2D eigenvalue weighted by molar-refractivity contribution is 5.77. The van der Waals surface area contributed by atoms with E-state index in [-0.39, 0.29) is 24.9 Å². The molecule has 0 aromatic heterocycles. The largest absolute Gasteiger partial charge is 0.462 e. The molecule has 0 fully saturated rings. The molecule has 0 bridgehead atoms. The normalized spacial score (nSPS) is 13.4. The second-order valence-corrected chi connectivity index (χ2v) is 17.9. The standard InChI is InChI=1S/C53H101NO5/c1-4-7-10-13-16-19-22-25-26-28-31-34-37-40-43-46-53(58)59-49(44-41-38-35-32-29-27-23-20-17-14-11-8-5-2)47-52(57)54-50(48-55)51(56)45-42-39-36-33-30-24-21-18-15-12-9-6-3/h19-20,22-23,49-51,55-56H,4-18,21,24-48H2,1-3H3,(H,54,57)/b22-19-,23-20-. The summed E-state index contributed by atoms with van der Waals surface area (Å²) in [5, 5.41) is 23.7. The van der Waals surface area contributed by atoms with Gasteiger partial charge in [-0.2, -0.15) is 0 Å². The summed E-state index contributed by atoms with van der Waals surface area (Å²) in [5.74, 6) is -0.476. The van der Waals surface area contributed by atoms with Crippen LogP contribution in [0.1, 0.15) is 278 Å². The first-order valence-electron chi connectivity index (χ1n) is 26.1. The molecule has 0 radical (unpaired) electrons. The third-order valence-electron chi connectivity index (χ3n) is 12.0. The van der Waals surface area contributed by atoms with Crippen molar-refractivity contribution in [2.75, 3.05) is 6.61 Å². The summed E-state index contributed by atoms with van der Waals surface area (Å²) in [6, 6.07) is -0.700. The Morgan fingerprint density at radius 3 is 1.22 bits per heavy atom. The van der Waals surface area contributed by atoms with Crippen molar-refractivity contribution >= 4 is 11.9 Å². The minimum Gasteiger partial charge on any atom is -0.462 e. The van der Waals surface area contributed by atoms with Crippen molar-refractivity contribution in [3.63, 3.8) is 0 Å². The summed E-state index contributed by atoms with van der Waals surface area (Å²) in [6.45, 7) is 6.47. The summed E-state index contributed by atoms with van der Waals surface area (Å²) in [6.07, 6.45) is 53.7. The molecule has 3 unspecified atom stereocenters. The van der Waals surface area contributed by atoms with E-state index in [9.17, 15) is 19.8 Å². The number of hydrogen-bond acceptors (Lipinski definition) is 5. The summed E-state index contributed by atoms with van der Waals surface area (Å²) in [5.41, 5.74) is 0. The maximum absolute atomic E-state index is 13.2. The number of aliphatic hydroxyl groups excluding tert-OH is 2. The van der Waals surface area contributed by atoms with Crippen molar-refractivity contribution in [2.45, 2.75) is 296 Å². The molecule has 59 heavy (non-hydrogen) atoms. The smallest absolute Gasteiger partial charge is 0.306 e. The van der Waals surface area contributed by atoms with E-state index in [0.29, 0.717) is 19.3 Å². The molecule has 0 aliphatic carbocycles. The van der Waals surface area contributed by atoms with Crippen LogP contribution in [0.25, 0.3) is 0 Å². The second kappa shape index (κ2) is 47.4. The van der Waals surface area contributed by atoms with E-state index < -0.39 is 18.2 Å². The van der Waals surface area contributed by atoms with E-state index in [1.807, 2.05) is 0 Å². The van der Waals surface area contributed by atoms with Gasteiger partial charge in [-0.1, -0.05) is 212 Å². The van der Waals surface area contributed by atoms with E-state index >= 15 is 0 Å². The van der Waals surface area contributed by atoms with Crippen LogP contribution < -0.4 is 5.32 Å². The molecular weight excluding hydrogens is 731 g/mol. The minimum absolute atomic E-state index is 0.0741. The van der Waals surface area contributed by atoms with Crippen LogP contribution in [-0.4, -0.2) is 46.9 Å². The Hall–Kier alpha value is -1.66. The Balaban J connectivity index is 4.56. The van der Waals surface area contributed by atoms with Crippen LogP contribution in [0.4, 0.5) is 0 Å². The van der Waals surface area contributed by atoms with Crippen molar-refractivity contribution in [3.8, 4) is 0 Å². The van der Waals surface area contributed by atoms with Gasteiger partial charge in [0.15, 0.2) is 0 Å². The van der Waals surface area contributed by atoms with E-state index in [1.165, 1.54) is 173 Å². The van der Waals surface area contributed by atoms with Gasteiger partial charge in [0.25, 0.3) is 0 Å². The van der Waals surface area contributed by atoms with Gasteiger partial charge >= 0.3 is 5.97 Å². The number of esters is 1. The first-order valence-corrected chi connectivity index (χ1v) is 26.1. The van der Waals surface area contributed by atoms with Crippen molar-refractivity contribution in [1.29, 1.82) is 0 Å². The van der Waals surface area contributed by atoms with Crippen LogP contribution in [0, 0.1) is 0 Å². The van der Waals surface area contributed by atoms with Crippen molar-refractivity contribution in [1.82, 2.24) is 5.32 Å². The fourth-order valence-electron chi connectivity index (χ4n) is 8.01. The SMILES string of the molecule is CCCCCC/C=C\CCCCCCCCCC(=O)OC(CCCCCCC/C=C\CCCCCC)CC(=O)NC(CO)C(O)CCCCCCCCCCCCCC. The third-order valence-corrected chi connectivity index (χ3v) is 12.0. The van der Waals surface area contributed by atoms with Crippen molar-refractivity contribution in [2.24, 2.45) is 0 Å². The van der Waals surface area contributed by atoms with Crippen molar-refractivity contribution in [3.05, 3.63) is 24.3 Å². The van der Waals surface area contributed by atoms with Gasteiger partial charge in [0.2, 0.25) is 5.91 Å². The van der Waals surface area contributed by atoms with Crippen LogP contribution in [0.5, 0.6) is 0 Å². The zero-order valence-corrected chi connectivity index (χ0v) is 39.7. The molecule has 0 saturated carbocycles. The van der Waals surface area contributed by atoms with Gasteiger partial charge in [-0.15, -0.1) is 0 Å². The van der Waals surface area contributed by atoms with Gasteiger partial charge in [0, 0.05) is 6.42 Å². The van der Waals surface area contributed by atoms with Crippen molar-refractivity contribution < 1.29 is 24.5 Å². The average molecular weight is 832 g/mol. The molecule has 0 saturated heterocycles. The molecule has 3 atom stereocenters. The number of carbonyl (C=O) groups excluding carboxylic acids is 2. The van der Waals surface area contributed by atoms with Gasteiger partial charge in [0.05, 0.1) is 25.2 Å². The van der Waals surface area contributed by atoms with Crippen LogP contribution in [0.2, 0.25) is 0 Å². The third kappa shape index (κ3) is 42.8. The van der Waals surface area contributed by atoms with Crippen LogP contribution >= 0.6 is 0 Å². The predicted octanol–water partition coefficient (Wildman–Crippen LogP) is 15.5. The summed E-state index contributed by atoms with van der Waals surface area (Å²) >= 11 is 0. The number of amides is 1. The number of aliphatic hydroxyl groups is 2. The monoisotopic (exact) mass is 832 g/mol. The first kappa shape index (κ1) is 57.3. The molecule has 0 aliphatic rings. The zero-order chi connectivity index (χ0) is 43.1. The lowest BCUT2D eigenvalue weighted by Crippen LogP contribution is -2.46. The Morgan fingerprint density at radius 2 is 0.814 bits per heavy atom. The molecule has 6 heteroatoms. The van der Waals surface area contributed by atoms with Gasteiger partial charge in [-0.25, -0.2) is 0 Å². The summed E-state index contributed by atoms with van der Waals surface area (Å²) in [7, 11) is 0. The molecule has 0 aromatic carbocycles. The Labute approximate surface area is 367 Å². The van der Waals surface area contributed by atoms with Gasteiger partial charge in [0.1, 0.15) is 6.10 Å². The van der Waals surface area contributed by atoms with Crippen LogP contribution in [0.15, 0.2) is 24.3 Å². The van der Waals surface area contributed by atoms with Crippen LogP contribution in [-0.2, 0) is 14.3 Å². The number of allylic oxidation sites excluding steroid dienone is 4. The highest BCUT2D eigenvalue weighted by Gasteiger charge is 2.24. The number of hydrogen-bond donors (Lipinski definition) is 3. The topological polar surface area (TPSA) is 95.9 Å². The van der Waals surface area contributed by atoms with Gasteiger partial charge in [-0.05, 0) is 77.0 Å². The molecule has 0 heterocycles. The van der Waals surface area contributed by atoms with E-state index in [2.05, 4.69) is 50.4 Å². The molecule has 0 aliphatic heterocycles. The summed E-state index contributed by atoms with van der Waals surface area (Å²) < 4.78 is 5.93. The number of unbranched alkanes of at least 4 members (excludes halogenated alkanes) is 31. The maximum atomic E-state index is 13.2. The molecule has 3 N–H and O–H groups in total. The Bertz CT molecular complexity index is 935. The molecule has 348 valence electrons. The molecule has 0 rings (SSSR count). The Morgan fingerprint density at radius 1 is 0.475 bits per heavy atom. The van der Waals surface area contributed by atoms with E-state index in [0.717, 1.165) is 57.8 Å². The van der Waals surface area contributed by atoms with Gasteiger partial charge in [-0.3, -0.25) is 9.59 Å². The molecule has 0 aromatic rings. The number of nitrogens with one attached hydrogen (secondary N) is 1. The minimum atomic E-state index is -0.786. The average Bonchev–Trinajstić information content (AvgIpc) is 3.23. The molecular formula is C53H101NO5. The predicted molar refractivity (Wildman–Crippen MR) is 255 cm³/mol. The second-order valence-electron chi connectivity index (χ2n) is 17.9. The molecule has 6 nitrogen and oxygen atoms in total. The Kier molecular flexibility index (Phi) is 46.1. The van der Waals surface area contributed by atoms with E-state index in [4.69, 9.17) is 4.74 Å². The number of rotatable bonds is 47. The number of carbonyl (C=O) groups is 2. The fourth-order valence-corrected chi connectivity index (χ4v) is 8.01. The highest BCUT2D eigenvalue weighted by atomic mass is 16.5. The zero-order valence-electron chi connectivity index (χ0n) is 39.7. The number of ether oxygens (including phenoxy) is 1. The lowest BCUT2D eigenvalue weighted by Gasteiger charge is -2.24. The summed E-state index contributed by atoms with van der Waals surface area (Å²) in [4.78, 5) is 26.1. The van der Waals surface area contributed by atoms with E-state index in [1.54, 1.807) is 0 Å². The lowest BCUT2D eigenvalue weighted by molar-refractivity contribution is -0.151. The quantitative estimate of drug-likeness (QED) is 0.0322. The molecule has 0 spiro atoms. The molecule has 1 amide bonds. The first-order chi connectivity index (χ1) is 29.0.